The summed E-state index contributed by atoms with van der Waals surface area (Å²) in [5.74, 6) is 3.45. The Balaban J connectivity index is 0.00000261. The second kappa shape index (κ2) is 11.7. The van der Waals surface area contributed by atoms with Gasteiger partial charge >= 0.3 is 0 Å². The molecule has 0 spiro atoms. The molecule has 0 bridgehead atoms. The van der Waals surface area contributed by atoms with Gasteiger partial charge in [-0.05, 0) is 50.0 Å². The molecular weight excluding hydrogens is 384 g/mol. The number of rotatable bonds is 7. The Labute approximate surface area is 173 Å². The van der Waals surface area contributed by atoms with Crippen molar-refractivity contribution < 1.29 is 14.3 Å². The predicted molar refractivity (Wildman–Crippen MR) is 112 cm³/mol. The monoisotopic (exact) mass is 414 g/mol. The zero-order chi connectivity index (χ0) is 18.2. The molecule has 2 aliphatic heterocycles. The normalized spacial score (nSPS) is 17.1. The molecule has 1 fully saturated rings. The van der Waals surface area contributed by atoms with Gasteiger partial charge < -0.3 is 19.7 Å². The van der Waals surface area contributed by atoms with E-state index in [1.807, 2.05) is 17.0 Å². The molecule has 27 heavy (non-hydrogen) atoms. The van der Waals surface area contributed by atoms with Gasteiger partial charge in [0.2, 0.25) is 5.91 Å². The van der Waals surface area contributed by atoms with Crippen LogP contribution in [0.3, 0.4) is 0 Å². The smallest absolute Gasteiger partial charge is 0.223 e. The van der Waals surface area contributed by atoms with E-state index in [4.69, 9.17) is 9.47 Å². The lowest BCUT2D eigenvalue weighted by atomic mass is 9.96. The van der Waals surface area contributed by atoms with Crippen molar-refractivity contribution >= 4 is 30.1 Å². The fourth-order valence-corrected chi connectivity index (χ4v) is 4.25. The van der Waals surface area contributed by atoms with E-state index < -0.39 is 0 Å². The summed E-state index contributed by atoms with van der Waals surface area (Å²) >= 11 is 1.71. The second-order valence-electron chi connectivity index (χ2n) is 6.89. The summed E-state index contributed by atoms with van der Waals surface area (Å²) in [6, 6.07) is 6.05. The third-order valence-corrected chi connectivity index (χ3v) is 5.95. The van der Waals surface area contributed by atoms with Crippen molar-refractivity contribution in [1.82, 2.24) is 10.2 Å². The molecule has 2 aliphatic rings. The predicted octanol–water partition coefficient (Wildman–Crippen LogP) is 3.60. The minimum Gasteiger partial charge on any atom is -0.490 e. The number of piperidine rings is 1. The van der Waals surface area contributed by atoms with Crippen LogP contribution in [0.25, 0.3) is 0 Å². The Morgan fingerprint density at radius 2 is 1.96 bits per heavy atom. The lowest BCUT2D eigenvalue weighted by molar-refractivity contribution is -0.132. The van der Waals surface area contributed by atoms with E-state index in [-0.39, 0.29) is 18.3 Å². The quantitative estimate of drug-likeness (QED) is 0.691. The Morgan fingerprint density at radius 1 is 1.22 bits per heavy atom. The number of benzene rings is 1. The number of carbonyl (C=O) groups is 1. The van der Waals surface area contributed by atoms with Gasteiger partial charge in [-0.2, -0.15) is 0 Å². The molecule has 3 rings (SSSR count). The van der Waals surface area contributed by atoms with Crippen molar-refractivity contribution in [3.63, 3.8) is 0 Å². The molecule has 1 N–H and O–H groups in total. The topological polar surface area (TPSA) is 50.8 Å². The zero-order valence-electron chi connectivity index (χ0n) is 16.1. The highest BCUT2D eigenvalue weighted by Gasteiger charge is 2.22. The van der Waals surface area contributed by atoms with E-state index in [9.17, 15) is 4.79 Å². The van der Waals surface area contributed by atoms with Gasteiger partial charge in [-0.15, -0.1) is 24.2 Å². The molecule has 0 radical (unpaired) electrons. The lowest BCUT2D eigenvalue weighted by Crippen LogP contribution is -2.40. The van der Waals surface area contributed by atoms with Crippen molar-refractivity contribution in [3.8, 4) is 11.5 Å². The maximum atomic E-state index is 12.4. The van der Waals surface area contributed by atoms with Crippen LogP contribution in [-0.4, -0.2) is 56.0 Å². The molecule has 0 unspecified atom stereocenters. The van der Waals surface area contributed by atoms with E-state index in [0.717, 1.165) is 73.5 Å². The Kier molecular flexibility index (Phi) is 9.59. The summed E-state index contributed by atoms with van der Waals surface area (Å²) in [6.07, 6.45) is 3.75. The van der Waals surface area contributed by atoms with Crippen molar-refractivity contribution in [1.29, 1.82) is 0 Å². The highest BCUT2D eigenvalue weighted by Crippen LogP contribution is 2.34. The Morgan fingerprint density at radius 3 is 2.70 bits per heavy atom. The lowest BCUT2D eigenvalue weighted by Gasteiger charge is -2.32. The van der Waals surface area contributed by atoms with E-state index in [1.165, 1.54) is 0 Å². The van der Waals surface area contributed by atoms with Gasteiger partial charge in [0.15, 0.2) is 11.5 Å². The van der Waals surface area contributed by atoms with Gasteiger partial charge in [-0.3, -0.25) is 4.79 Å². The number of fused-ring (bicyclic) bond motifs is 1. The number of likely N-dealkylation sites (tertiary alicyclic amines) is 1. The van der Waals surface area contributed by atoms with Crippen LogP contribution in [0.2, 0.25) is 0 Å². The van der Waals surface area contributed by atoms with Crippen LogP contribution in [-0.2, 0) is 4.79 Å². The third-order valence-electron chi connectivity index (χ3n) is 4.95. The van der Waals surface area contributed by atoms with Gasteiger partial charge in [-0.25, -0.2) is 0 Å². The Hall–Kier alpha value is -1.11. The summed E-state index contributed by atoms with van der Waals surface area (Å²) in [4.78, 5) is 15.6. The number of ether oxygens (including phenoxy) is 2. The molecule has 2 heterocycles. The zero-order valence-corrected chi connectivity index (χ0v) is 17.7. The number of hydrogen-bond acceptors (Lipinski definition) is 5. The third kappa shape index (κ3) is 6.77. The minimum atomic E-state index is 0. The highest BCUT2D eigenvalue weighted by molar-refractivity contribution is 7.99. The van der Waals surface area contributed by atoms with Gasteiger partial charge in [0.25, 0.3) is 0 Å². The van der Waals surface area contributed by atoms with Crippen LogP contribution in [0.5, 0.6) is 11.5 Å². The summed E-state index contributed by atoms with van der Waals surface area (Å²) < 4.78 is 11.4. The summed E-state index contributed by atoms with van der Waals surface area (Å²) in [6.45, 7) is 7.46. The molecule has 1 aromatic carbocycles. The maximum absolute atomic E-state index is 12.4. The molecule has 0 atom stereocenters. The second-order valence-corrected chi connectivity index (χ2v) is 8.06. The van der Waals surface area contributed by atoms with Gasteiger partial charge in [0.05, 0.1) is 13.2 Å². The van der Waals surface area contributed by atoms with Crippen molar-refractivity contribution in [2.45, 2.75) is 37.5 Å². The standard InChI is InChI=1S/C20H30N2O3S.ClH/c1-2-21-15-16-6-9-22(10-7-16)20(23)8-13-26-17-4-5-18-19(14-17)25-12-3-11-24-18;/h4-5,14,16,21H,2-3,6-13,15H2,1H3;1H. The summed E-state index contributed by atoms with van der Waals surface area (Å²) in [7, 11) is 0. The molecule has 5 nitrogen and oxygen atoms in total. The minimum absolute atomic E-state index is 0. The van der Waals surface area contributed by atoms with Gasteiger partial charge in [0, 0.05) is 36.6 Å². The van der Waals surface area contributed by atoms with Crippen LogP contribution >= 0.6 is 24.2 Å². The van der Waals surface area contributed by atoms with Crippen LogP contribution < -0.4 is 14.8 Å². The number of thioether (sulfide) groups is 1. The average molecular weight is 415 g/mol. The van der Waals surface area contributed by atoms with Crippen LogP contribution in [0.15, 0.2) is 23.1 Å². The van der Waals surface area contributed by atoms with E-state index in [2.05, 4.69) is 18.3 Å². The maximum Gasteiger partial charge on any atom is 0.223 e. The average Bonchev–Trinajstić information content (AvgIpc) is 2.91. The molecule has 0 saturated carbocycles. The molecule has 0 aromatic heterocycles. The van der Waals surface area contributed by atoms with E-state index in [0.29, 0.717) is 19.6 Å². The van der Waals surface area contributed by atoms with Crippen LogP contribution in [0.1, 0.15) is 32.6 Å². The van der Waals surface area contributed by atoms with Crippen molar-refractivity contribution in [3.05, 3.63) is 18.2 Å². The first-order chi connectivity index (χ1) is 12.8. The number of halogens is 1. The number of amides is 1. The fraction of sp³-hybridized carbons (Fsp3) is 0.650. The number of carbonyl (C=O) groups excluding carboxylic acids is 1. The van der Waals surface area contributed by atoms with Crippen LogP contribution in [0, 0.1) is 5.92 Å². The van der Waals surface area contributed by atoms with E-state index >= 15 is 0 Å². The van der Waals surface area contributed by atoms with Crippen molar-refractivity contribution in [2.24, 2.45) is 5.92 Å². The highest BCUT2D eigenvalue weighted by atomic mass is 35.5. The molecule has 152 valence electrons. The van der Waals surface area contributed by atoms with E-state index in [1.54, 1.807) is 11.8 Å². The first-order valence-corrected chi connectivity index (χ1v) is 10.8. The first kappa shape index (κ1) is 22.2. The molecule has 7 heteroatoms. The fourth-order valence-electron chi connectivity index (χ4n) is 3.38. The molecule has 1 saturated heterocycles. The SMILES string of the molecule is CCNCC1CCN(C(=O)CCSc2ccc3c(c2)OCCCO3)CC1.Cl. The largest absolute Gasteiger partial charge is 0.490 e. The molecule has 1 aromatic rings. The van der Waals surface area contributed by atoms with Gasteiger partial charge in [0.1, 0.15) is 0 Å². The molecule has 0 aliphatic carbocycles. The first-order valence-electron chi connectivity index (χ1n) is 9.77. The van der Waals surface area contributed by atoms with Crippen molar-refractivity contribution in [2.75, 3.05) is 45.1 Å². The Bertz CT molecular complexity index is 595. The summed E-state index contributed by atoms with van der Waals surface area (Å²) in [5.41, 5.74) is 0. The summed E-state index contributed by atoms with van der Waals surface area (Å²) in [5, 5.41) is 3.41. The van der Waals surface area contributed by atoms with Crippen LogP contribution in [0.4, 0.5) is 0 Å². The van der Waals surface area contributed by atoms with Gasteiger partial charge in [-0.1, -0.05) is 6.92 Å². The number of nitrogens with one attached hydrogen (secondary N) is 1. The molecular formula is C20H31ClN2O3S. The number of hydrogen-bond donors (Lipinski definition) is 1. The number of nitrogens with zero attached hydrogens (tertiary/aromatic N) is 1. The molecule has 1 amide bonds.